The minimum absolute atomic E-state index is 0.541. The number of hydrogen-bond donors (Lipinski definition) is 1. The maximum Gasteiger partial charge on any atom is 0.154 e. The van der Waals surface area contributed by atoms with Gasteiger partial charge in [-0.05, 0) is 51.7 Å². The van der Waals surface area contributed by atoms with Crippen LogP contribution in [0, 0.1) is 0 Å². The van der Waals surface area contributed by atoms with Crippen molar-refractivity contribution >= 4 is 0 Å². The van der Waals surface area contributed by atoms with Gasteiger partial charge in [0.2, 0.25) is 0 Å². The number of ether oxygens (including phenoxy) is 1. The molecule has 3 nitrogen and oxygen atoms in total. The quantitative estimate of drug-likeness (QED) is 0.210. The number of aliphatic hydroxyl groups is 1. The van der Waals surface area contributed by atoms with E-state index in [9.17, 15) is 5.11 Å². The zero-order valence-electron chi connectivity index (χ0n) is 17.6. The van der Waals surface area contributed by atoms with Crippen LogP contribution in [-0.2, 0) is 4.74 Å². The maximum absolute atomic E-state index is 9.80. The van der Waals surface area contributed by atoms with E-state index in [1.54, 1.807) is 0 Å². The van der Waals surface area contributed by atoms with Gasteiger partial charge in [-0.15, -0.1) is 0 Å². The fourth-order valence-electron chi connectivity index (χ4n) is 3.21. The van der Waals surface area contributed by atoms with Gasteiger partial charge < -0.3 is 14.7 Å². The van der Waals surface area contributed by atoms with Crippen LogP contribution in [0.2, 0.25) is 0 Å². The van der Waals surface area contributed by atoms with E-state index in [0.717, 1.165) is 19.3 Å². The Bertz CT molecular complexity index is 248. The predicted molar refractivity (Wildman–Crippen MR) is 110 cm³/mol. The highest BCUT2D eigenvalue weighted by molar-refractivity contribution is 4.57. The molecule has 0 spiro atoms. The van der Waals surface area contributed by atoms with Crippen molar-refractivity contribution in [2.75, 3.05) is 26.2 Å². The predicted octanol–water partition coefficient (Wildman–Crippen LogP) is 6.14. The van der Waals surface area contributed by atoms with Crippen LogP contribution in [0.3, 0.4) is 0 Å². The van der Waals surface area contributed by atoms with Crippen molar-refractivity contribution in [3.8, 4) is 0 Å². The van der Waals surface area contributed by atoms with E-state index in [-0.39, 0.29) is 0 Å². The molecule has 3 heteroatoms. The molecule has 0 heterocycles. The zero-order valence-corrected chi connectivity index (χ0v) is 17.6. The highest BCUT2D eigenvalue weighted by Crippen LogP contribution is 2.09. The molecule has 0 aliphatic carbocycles. The van der Waals surface area contributed by atoms with Crippen LogP contribution >= 0.6 is 0 Å². The van der Waals surface area contributed by atoms with E-state index in [1.807, 2.05) is 0 Å². The van der Waals surface area contributed by atoms with Gasteiger partial charge in [-0.2, -0.15) is 0 Å². The lowest BCUT2D eigenvalue weighted by Crippen LogP contribution is -2.25. The molecule has 0 aliphatic rings. The summed E-state index contributed by atoms with van der Waals surface area (Å²) in [5.74, 6) is 0. The number of rotatable bonds is 20. The third kappa shape index (κ3) is 18.5. The normalized spacial score (nSPS) is 12.8. The SMILES string of the molecule is CCCCCCCC(O)OCCCCCCN(CC)CCCCCC. The second-order valence-corrected chi connectivity index (χ2v) is 7.44. The summed E-state index contributed by atoms with van der Waals surface area (Å²) in [6, 6.07) is 0. The van der Waals surface area contributed by atoms with Crippen LogP contribution in [0.4, 0.5) is 0 Å². The largest absolute Gasteiger partial charge is 0.368 e. The Kier molecular flexibility index (Phi) is 20.1. The van der Waals surface area contributed by atoms with Crippen LogP contribution in [0.1, 0.15) is 111 Å². The fourth-order valence-corrected chi connectivity index (χ4v) is 3.21. The highest BCUT2D eigenvalue weighted by atomic mass is 16.6. The lowest BCUT2D eigenvalue weighted by atomic mass is 10.1. The van der Waals surface area contributed by atoms with E-state index in [4.69, 9.17) is 4.74 Å². The monoisotopic (exact) mass is 357 g/mol. The third-order valence-electron chi connectivity index (χ3n) is 5.01. The van der Waals surface area contributed by atoms with Gasteiger partial charge in [-0.3, -0.25) is 0 Å². The molecule has 0 bridgehead atoms. The van der Waals surface area contributed by atoms with Gasteiger partial charge in [0.25, 0.3) is 0 Å². The molecule has 0 saturated carbocycles. The number of unbranched alkanes of at least 4 members (excludes halogenated alkanes) is 10. The number of nitrogens with zero attached hydrogens (tertiary/aromatic N) is 1. The summed E-state index contributed by atoms with van der Waals surface area (Å²) in [7, 11) is 0. The van der Waals surface area contributed by atoms with E-state index >= 15 is 0 Å². The average Bonchev–Trinajstić information content (AvgIpc) is 2.62. The topological polar surface area (TPSA) is 32.7 Å². The standard InChI is InChI=1S/C22H47NO2/c1-4-7-9-11-14-18-22(24)25-21-17-13-12-16-20-23(6-3)19-15-10-8-5-2/h22,24H,4-21H2,1-3H3. The Hall–Kier alpha value is -0.120. The van der Waals surface area contributed by atoms with Gasteiger partial charge in [0.15, 0.2) is 6.29 Å². The lowest BCUT2D eigenvalue weighted by Gasteiger charge is -2.20. The molecule has 25 heavy (non-hydrogen) atoms. The maximum atomic E-state index is 9.80. The van der Waals surface area contributed by atoms with Gasteiger partial charge in [0, 0.05) is 6.61 Å². The van der Waals surface area contributed by atoms with Crippen molar-refractivity contribution in [1.82, 2.24) is 4.90 Å². The molecule has 0 aromatic carbocycles. The van der Waals surface area contributed by atoms with Gasteiger partial charge in [0.05, 0.1) is 0 Å². The van der Waals surface area contributed by atoms with E-state index in [1.165, 1.54) is 90.3 Å². The summed E-state index contributed by atoms with van der Waals surface area (Å²) < 4.78 is 5.52. The van der Waals surface area contributed by atoms with Crippen LogP contribution in [0.5, 0.6) is 0 Å². The van der Waals surface area contributed by atoms with E-state index < -0.39 is 6.29 Å². The van der Waals surface area contributed by atoms with Crippen LogP contribution in [0.25, 0.3) is 0 Å². The lowest BCUT2D eigenvalue weighted by molar-refractivity contribution is -0.105. The average molecular weight is 358 g/mol. The second-order valence-electron chi connectivity index (χ2n) is 7.44. The van der Waals surface area contributed by atoms with Gasteiger partial charge in [0.1, 0.15) is 0 Å². The van der Waals surface area contributed by atoms with Gasteiger partial charge in [-0.1, -0.05) is 78.6 Å². The summed E-state index contributed by atoms with van der Waals surface area (Å²) in [6.45, 7) is 11.2. The van der Waals surface area contributed by atoms with Crippen LogP contribution in [0.15, 0.2) is 0 Å². The zero-order chi connectivity index (χ0) is 18.6. The van der Waals surface area contributed by atoms with Crippen molar-refractivity contribution in [3.63, 3.8) is 0 Å². The molecule has 0 rings (SSSR count). The van der Waals surface area contributed by atoms with E-state index in [2.05, 4.69) is 25.7 Å². The Morgan fingerprint density at radius 1 is 0.680 bits per heavy atom. The summed E-state index contributed by atoms with van der Waals surface area (Å²) in [6.07, 6.45) is 16.7. The summed E-state index contributed by atoms with van der Waals surface area (Å²) >= 11 is 0. The Labute approximate surface area is 158 Å². The summed E-state index contributed by atoms with van der Waals surface area (Å²) in [4.78, 5) is 2.59. The van der Waals surface area contributed by atoms with Crippen molar-refractivity contribution < 1.29 is 9.84 Å². The first-order chi connectivity index (χ1) is 12.2. The third-order valence-corrected chi connectivity index (χ3v) is 5.01. The second kappa shape index (κ2) is 20.2. The first kappa shape index (κ1) is 24.9. The van der Waals surface area contributed by atoms with Gasteiger partial charge in [-0.25, -0.2) is 0 Å². The first-order valence-corrected chi connectivity index (χ1v) is 11.3. The molecule has 0 fully saturated rings. The van der Waals surface area contributed by atoms with Crippen LogP contribution in [-0.4, -0.2) is 42.5 Å². The van der Waals surface area contributed by atoms with Gasteiger partial charge >= 0.3 is 0 Å². The summed E-state index contributed by atoms with van der Waals surface area (Å²) in [5, 5.41) is 9.80. The van der Waals surface area contributed by atoms with Crippen molar-refractivity contribution in [2.24, 2.45) is 0 Å². The van der Waals surface area contributed by atoms with E-state index in [0.29, 0.717) is 6.61 Å². The molecular formula is C22H47NO2. The number of hydrogen-bond acceptors (Lipinski definition) is 3. The molecule has 1 unspecified atom stereocenters. The Morgan fingerprint density at radius 3 is 1.80 bits per heavy atom. The molecule has 0 saturated heterocycles. The van der Waals surface area contributed by atoms with Crippen molar-refractivity contribution in [3.05, 3.63) is 0 Å². The smallest absolute Gasteiger partial charge is 0.154 e. The molecule has 0 aliphatic heterocycles. The molecule has 0 amide bonds. The number of aliphatic hydroxyl groups excluding tert-OH is 1. The molecule has 0 radical (unpaired) electrons. The fraction of sp³-hybridized carbons (Fsp3) is 1.00. The Balaban J connectivity index is 3.35. The van der Waals surface area contributed by atoms with Crippen LogP contribution < -0.4 is 0 Å². The van der Waals surface area contributed by atoms with Crippen molar-refractivity contribution in [1.29, 1.82) is 0 Å². The minimum Gasteiger partial charge on any atom is -0.368 e. The Morgan fingerprint density at radius 2 is 1.20 bits per heavy atom. The summed E-state index contributed by atoms with van der Waals surface area (Å²) in [5.41, 5.74) is 0. The molecule has 0 aromatic heterocycles. The minimum atomic E-state index is -0.541. The molecular weight excluding hydrogens is 310 g/mol. The van der Waals surface area contributed by atoms with Crippen molar-refractivity contribution in [2.45, 2.75) is 117 Å². The molecule has 1 atom stereocenters. The highest BCUT2D eigenvalue weighted by Gasteiger charge is 2.04. The molecule has 1 N–H and O–H groups in total. The molecule has 152 valence electrons. The molecule has 0 aromatic rings. The first-order valence-electron chi connectivity index (χ1n) is 11.3.